The molecule has 0 N–H and O–H groups in total. The van der Waals surface area contributed by atoms with Crippen molar-refractivity contribution in [3.05, 3.63) is 158 Å². The van der Waals surface area contributed by atoms with Crippen molar-refractivity contribution < 1.29 is 0 Å². The van der Waals surface area contributed by atoms with E-state index in [1.54, 1.807) is 6.08 Å². The number of hydrogen-bond acceptors (Lipinski definition) is 1. The predicted octanol–water partition coefficient (Wildman–Crippen LogP) is 10.5. The molecule has 41 heavy (non-hydrogen) atoms. The van der Waals surface area contributed by atoms with Crippen molar-refractivity contribution in [2.45, 2.75) is 0 Å². The lowest BCUT2D eigenvalue weighted by atomic mass is 9.86. The smallest absolute Gasteiger partial charge is 0.145 e. The van der Waals surface area contributed by atoms with Crippen LogP contribution in [0.3, 0.4) is 0 Å². The average molecular weight is 525 g/mol. The van der Waals surface area contributed by atoms with Crippen molar-refractivity contribution in [1.29, 1.82) is 0 Å². The molecule has 0 atom stereocenters. The maximum absolute atomic E-state index is 4.97. The van der Waals surface area contributed by atoms with Crippen LogP contribution in [0, 0.1) is 0 Å². The molecule has 1 heterocycles. The first-order valence-electron chi connectivity index (χ1n) is 13.8. The van der Waals surface area contributed by atoms with E-state index in [-0.39, 0.29) is 0 Å². The fraction of sp³-hybridized carbons (Fsp3) is 0. The van der Waals surface area contributed by atoms with Gasteiger partial charge in [0.25, 0.3) is 0 Å². The summed E-state index contributed by atoms with van der Waals surface area (Å²) in [6.45, 7) is 8.06. The topological polar surface area (TPSA) is 17.8 Å². The Kier molecular flexibility index (Phi) is 6.14. The van der Waals surface area contributed by atoms with Crippen molar-refractivity contribution in [3.8, 4) is 39.3 Å². The van der Waals surface area contributed by atoms with Gasteiger partial charge in [0.1, 0.15) is 5.82 Å². The molecule has 2 heteroatoms. The summed E-state index contributed by atoms with van der Waals surface area (Å²) in [4.78, 5) is 4.97. The Hall–Kier alpha value is -5.47. The Morgan fingerprint density at radius 3 is 1.39 bits per heavy atom. The quantitative estimate of drug-likeness (QED) is 0.198. The highest BCUT2D eigenvalue weighted by Gasteiger charge is 2.19. The van der Waals surface area contributed by atoms with Gasteiger partial charge in [-0.05, 0) is 68.1 Å². The molecule has 7 aromatic rings. The zero-order valence-electron chi connectivity index (χ0n) is 22.7. The molecule has 0 fully saturated rings. The lowest BCUT2D eigenvalue weighted by molar-refractivity contribution is 1.05. The predicted molar refractivity (Wildman–Crippen MR) is 175 cm³/mol. The number of imidazole rings is 1. The molecule has 1 aromatic heterocycles. The second-order valence-electron chi connectivity index (χ2n) is 10.1. The van der Waals surface area contributed by atoms with E-state index in [1.807, 2.05) is 24.3 Å². The third kappa shape index (κ3) is 4.09. The van der Waals surface area contributed by atoms with Crippen LogP contribution in [0.1, 0.15) is 11.4 Å². The van der Waals surface area contributed by atoms with Crippen molar-refractivity contribution in [2.24, 2.45) is 0 Å². The maximum Gasteiger partial charge on any atom is 0.145 e. The van der Waals surface area contributed by atoms with E-state index >= 15 is 0 Å². The SMILES string of the molecule is C=Cc1nc(-c2ccc(-c3c4ccccc4c(-c4ccccc4)c4ccccc34)cc2)n(-c2ccccc2)c1C=C. The minimum absolute atomic E-state index is 0.816. The van der Waals surface area contributed by atoms with E-state index < -0.39 is 0 Å². The van der Waals surface area contributed by atoms with Crippen LogP contribution < -0.4 is 0 Å². The van der Waals surface area contributed by atoms with Crippen molar-refractivity contribution in [3.63, 3.8) is 0 Å². The molecule has 6 aromatic carbocycles. The molecular formula is C39H28N2. The molecule has 0 aliphatic heterocycles. The molecule has 0 saturated carbocycles. The Labute approximate surface area is 240 Å². The van der Waals surface area contributed by atoms with E-state index in [4.69, 9.17) is 4.98 Å². The summed E-state index contributed by atoms with van der Waals surface area (Å²) in [7, 11) is 0. The van der Waals surface area contributed by atoms with Crippen LogP contribution in [-0.2, 0) is 0 Å². The minimum atomic E-state index is 0.816. The van der Waals surface area contributed by atoms with E-state index in [0.29, 0.717) is 0 Å². The van der Waals surface area contributed by atoms with Gasteiger partial charge in [-0.25, -0.2) is 4.98 Å². The molecule has 0 spiro atoms. The third-order valence-corrected chi connectivity index (χ3v) is 7.77. The van der Waals surface area contributed by atoms with E-state index in [0.717, 1.165) is 28.5 Å². The van der Waals surface area contributed by atoms with Crippen LogP contribution in [0.4, 0.5) is 0 Å². The second kappa shape index (κ2) is 10.3. The van der Waals surface area contributed by atoms with E-state index in [2.05, 4.69) is 133 Å². The monoisotopic (exact) mass is 524 g/mol. The van der Waals surface area contributed by atoms with Crippen LogP contribution >= 0.6 is 0 Å². The van der Waals surface area contributed by atoms with Gasteiger partial charge in [-0.15, -0.1) is 0 Å². The van der Waals surface area contributed by atoms with Gasteiger partial charge in [-0.2, -0.15) is 0 Å². The number of rotatable bonds is 6. The van der Waals surface area contributed by atoms with Crippen molar-refractivity contribution in [1.82, 2.24) is 9.55 Å². The van der Waals surface area contributed by atoms with Gasteiger partial charge < -0.3 is 0 Å². The van der Waals surface area contributed by atoms with Gasteiger partial charge in [0.15, 0.2) is 0 Å². The first kappa shape index (κ1) is 24.6. The molecule has 0 amide bonds. The zero-order chi connectivity index (χ0) is 27.8. The molecule has 194 valence electrons. The number of aromatic nitrogens is 2. The molecule has 0 saturated heterocycles. The van der Waals surface area contributed by atoms with Gasteiger partial charge in [-0.3, -0.25) is 4.57 Å². The maximum atomic E-state index is 4.97. The summed E-state index contributed by atoms with van der Waals surface area (Å²) in [6.07, 6.45) is 3.64. The summed E-state index contributed by atoms with van der Waals surface area (Å²) in [5.74, 6) is 0.863. The van der Waals surface area contributed by atoms with Crippen LogP contribution in [-0.4, -0.2) is 9.55 Å². The first-order valence-corrected chi connectivity index (χ1v) is 13.8. The average Bonchev–Trinajstić information content (AvgIpc) is 3.43. The summed E-state index contributed by atoms with van der Waals surface area (Å²) < 4.78 is 2.15. The van der Waals surface area contributed by atoms with E-state index in [1.165, 1.54) is 43.8 Å². The summed E-state index contributed by atoms with van der Waals surface area (Å²) in [5.41, 5.74) is 8.73. The number of nitrogens with zero attached hydrogens (tertiary/aromatic N) is 2. The van der Waals surface area contributed by atoms with Crippen LogP contribution in [0.15, 0.2) is 147 Å². The third-order valence-electron chi connectivity index (χ3n) is 7.77. The highest BCUT2D eigenvalue weighted by molar-refractivity contribution is 6.21. The Morgan fingerprint density at radius 2 is 0.902 bits per heavy atom. The number of benzene rings is 6. The molecular weight excluding hydrogens is 496 g/mol. The van der Waals surface area contributed by atoms with E-state index in [9.17, 15) is 0 Å². The lowest BCUT2D eigenvalue weighted by Gasteiger charge is -2.18. The fourth-order valence-corrected chi connectivity index (χ4v) is 5.97. The Balaban J connectivity index is 1.44. The molecule has 0 bridgehead atoms. The van der Waals surface area contributed by atoms with Crippen LogP contribution in [0.2, 0.25) is 0 Å². The summed E-state index contributed by atoms with van der Waals surface area (Å²) >= 11 is 0. The fourth-order valence-electron chi connectivity index (χ4n) is 5.97. The molecule has 0 aliphatic carbocycles. The summed E-state index contributed by atoms with van der Waals surface area (Å²) in [5, 5.41) is 4.99. The van der Waals surface area contributed by atoms with Gasteiger partial charge in [0.05, 0.1) is 11.4 Å². The highest BCUT2D eigenvalue weighted by atomic mass is 15.1. The largest absolute Gasteiger partial charge is 0.292 e. The standard InChI is InChI=1S/C39H28N2/c1-3-35-36(4-2)41(30-17-9-6-10-18-30)39(40-35)29-25-23-28(24-26-29)38-33-21-13-11-19-31(33)37(27-15-7-5-8-16-27)32-20-12-14-22-34(32)38/h3-26H,1-2H2. The lowest BCUT2D eigenvalue weighted by Crippen LogP contribution is -1.99. The van der Waals surface area contributed by atoms with Crippen molar-refractivity contribution in [2.75, 3.05) is 0 Å². The summed E-state index contributed by atoms with van der Waals surface area (Å²) in [6, 6.07) is 47.3. The normalized spacial score (nSPS) is 11.1. The number of hydrogen-bond donors (Lipinski definition) is 0. The first-order chi connectivity index (χ1) is 20.3. The number of fused-ring (bicyclic) bond motifs is 2. The molecule has 0 aliphatic rings. The minimum Gasteiger partial charge on any atom is -0.292 e. The molecule has 7 rings (SSSR count). The van der Waals surface area contributed by atoms with Crippen LogP contribution in [0.25, 0.3) is 73.0 Å². The van der Waals surface area contributed by atoms with Crippen LogP contribution in [0.5, 0.6) is 0 Å². The van der Waals surface area contributed by atoms with Gasteiger partial charge in [0.2, 0.25) is 0 Å². The highest BCUT2D eigenvalue weighted by Crippen LogP contribution is 2.43. The Bertz CT molecular complexity index is 1990. The van der Waals surface area contributed by atoms with Crippen molar-refractivity contribution >= 4 is 33.7 Å². The Morgan fingerprint density at radius 1 is 0.463 bits per heavy atom. The molecule has 2 nitrogen and oxygen atoms in total. The van der Waals surface area contributed by atoms with Gasteiger partial charge >= 0.3 is 0 Å². The van der Waals surface area contributed by atoms with Gasteiger partial charge in [-0.1, -0.05) is 134 Å². The molecule has 0 radical (unpaired) electrons. The zero-order valence-corrected chi connectivity index (χ0v) is 22.7. The van der Waals surface area contributed by atoms with Gasteiger partial charge in [0, 0.05) is 11.3 Å². The second-order valence-corrected chi connectivity index (χ2v) is 10.1. The molecule has 0 unspecified atom stereocenters. The number of para-hydroxylation sites is 1.